The molecule has 2 aromatic rings. The Morgan fingerprint density at radius 3 is 2.79 bits per heavy atom. The summed E-state index contributed by atoms with van der Waals surface area (Å²) in [5.74, 6) is -0.0448. The first-order valence-electron chi connectivity index (χ1n) is 8.37. The van der Waals surface area contributed by atoms with Crippen molar-refractivity contribution in [3.8, 4) is 0 Å². The van der Waals surface area contributed by atoms with Crippen LogP contribution in [0.25, 0.3) is 11.0 Å². The van der Waals surface area contributed by atoms with E-state index in [0.29, 0.717) is 17.7 Å². The van der Waals surface area contributed by atoms with Crippen LogP contribution in [-0.2, 0) is 4.79 Å². The van der Waals surface area contributed by atoms with Gasteiger partial charge in [0.2, 0.25) is 5.91 Å². The van der Waals surface area contributed by atoms with E-state index in [4.69, 9.17) is 0 Å². The highest BCUT2D eigenvalue weighted by molar-refractivity contribution is 6.01. The summed E-state index contributed by atoms with van der Waals surface area (Å²) in [4.78, 5) is 34.1. The highest BCUT2D eigenvalue weighted by Gasteiger charge is 2.17. The van der Waals surface area contributed by atoms with Crippen LogP contribution in [0, 0.1) is 13.8 Å². The Morgan fingerprint density at radius 2 is 2.00 bits per heavy atom. The number of H-pyrrole nitrogens is 2. The number of imidazole rings is 1. The minimum absolute atomic E-state index is 0.0448. The number of aryl methyl sites for hydroxylation is 1. The molecule has 1 fully saturated rings. The SMILES string of the molecule is Cc1cc2[nH]c(=O)[nH]c2c(NC(=O)CN2CCCN(C)CC2)c1C. The average molecular weight is 331 g/mol. The summed E-state index contributed by atoms with van der Waals surface area (Å²) >= 11 is 0. The number of aromatic amines is 2. The van der Waals surface area contributed by atoms with E-state index >= 15 is 0 Å². The summed E-state index contributed by atoms with van der Waals surface area (Å²) in [6.45, 7) is 8.18. The number of fused-ring (bicyclic) bond motifs is 1. The summed E-state index contributed by atoms with van der Waals surface area (Å²) < 4.78 is 0. The Bertz CT molecular complexity index is 807. The quantitative estimate of drug-likeness (QED) is 0.785. The van der Waals surface area contributed by atoms with Gasteiger partial charge in [-0.15, -0.1) is 0 Å². The fraction of sp³-hybridized carbons (Fsp3) is 0.529. The van der Waals surface area contributed by atoms with Crippen LogP contribution < -0.4 is 11.0 Å². The number of hydrogen-bond donors (Lipinski definition) is 3. The van der Waals surface area contributed by atoms with Crippen molar-refractivity contribution in [2.45, 2.75) is 20.3 Å². The smallest absolute Gasteiger partial charge is 0.323 e. The first kappa shape index (κ1) is 16.7. The maximum Gasteiger partial charge on any atom is 0.323 e. The Morgan fingerprint density at radius 1 is 1.21 bits per heavy atom. The van der Waals surface area contributed by atoms with Gasteiger partial charge in [0.05, 0.1) is 23.3 Å². The molecular weight excluding hydrogens is 306 g/mol. The van der Waals surface area contributed by atoms with Crippen LogP contribution in [0.4, 0.5) is 5.69 Å². The normalized spacial score (nSPS) is 17.1. The van der Waals surface area contributed by atoms with Gasteiger partial charge in [-0.2, -0.15) is 0 Å². The van der Waals surface area contributed by atoms with E-state index in [0.717, 1.165) is 49.2 Å². The van der Waals surface area contributed by atoms with Crippen LogP contribution in [0.5, 0.6) is 0 Å². The monoisotopic (exact) mass is 331 g/mol. The van der Waals surface area contributed by atoms with Gasteiger partial charge in [-0.1, -0.05) is 0 Å². The standard InChI is InChI=1S/C17H25N5O2/c1-11-9-13-16(20-17(24)18-13)15(12(11)2)19-14(23)10-22-6-4-5-21(3)7-8-22/h9H,4-8,10H2,1-3H3,(H,19,23)(H2,18,20,24). The summed E-state index contributed by atoms with van der Waals surface area (Å²) in [7, 11) is 2.11. The van der Waals surface area contributed by atoms with Crippen molar-refractivity contribution in [3.05, 3.63) is 27.7 Å². The van der Waals surface area contributed by atoms with Crippen LogP contribution >= 0.6 is 0 Å². The third-order valence-electron chi connectivity index (χ3n) is 4.78. The fourth-order valence-corrected chi connectivity index (χ4v) is 3.21. The number of rotatable bonds is 3. The zero-order chi connectivity index (χ0) is 17.3. The molecule has 1 aliphatic rings. The first-order chi connectivity index (χ1) is 11.4. The van der Waals surface area contributed by atoms with Crippen molar-refractivity contribution in [1.29, 1.82) is 0 Å². The fourth-order valence-electron chi connectivity index (χ4n) is 3.21. The zero-order valence-corrected chi connectivity index (χ0v) is 14.5. The van der Waals surface area contributed by atoms with E-state index in [-0.39, 0.29) is 11.6 Å². The Kier molecular flexibility index (Phi) is 4.73. The Labute approximate surface area is 141 Å². The van der Waals surface area contributed by atoms with Crippen LogP contribution in [-0.4, -0.2) is 65.4 Å². The molecule has 7 heteroatoms. The third-order valence-corrected chi connectivity index (χ3v) is 4.78. The summed E-state index contributed by atoms with van der Waals surface area (Å²) in [6, 6.07) is 1.92. The largest absolute Gasteiger partial charge is 0.323 e. The van der Waals surface area contributed by atoms with Crippen molar-refractivity contribution >= 4 is 22.6 Å². The molecule has 1 saturated heterocycles. The van der Waals surface area contributed by atoms with Gasteiger partial charge < -0.3 is 20.2 Å². The van der Waals surface area contributed by atoms with Crippen molar-refractivity contribution in [2.24, 2.45) is 0 Å². The molecule has 0 atom stereocenters. The summed E-state index contributed by atoms with van der Waals surface area (Å²) in [5.41, 5.74) is 3.81. The second kappa shape index (κ2) is 6.78. The maximum absolute atomic E-state index is 12.5. The number of anilines is 1. The lowest BCUT2D eigenvalue weighted by atomic mass is 10.1. The molecular formula is C17H25N5O2. The lowest BCUT2D eigenvalue weighted by Gasteiger charge is -2.20. The predicted octanol–water partition coefficient (Wildman–Crippen LogP) is 1.05. The summed E-state index contributed by atoms with van der Waals surface area (Å²) in [5, 5.41) is 3.00. The van der Waals surface area contributed by atoms with Crippen LogP contribution in [0.1, 0.15) is 17.5 Å². The lowest BCUT2D eigenvalue weighted by Crippen LogP contribution is -2.36. The lowest BCUT2D eigenvalue weighted by molar-refractivity contribution is -0.117. The molecule has 130 valence electrons. The van der Waals surface area contributed by atoms with Crippen molar-refractivity contribution < 1.29 is 4.79 Å². The number of carbonyl (C=O) groups is 1. The second-order valence-corrected chi connectivity index (χ2v) is 6.68. The molecule has 7 nitrogen and oxygen atoms in total. The number of carbonyl (C=O) groups excluding carboxylic acids is 1. The topological polar surface area (TPSA) is 84.2 Å². The van der Waals surface area contributed by atoms with E-state index in [2.05, 4.69) is 32.1 Å². The molecule has 0 aliphatic carbocycles. The van der Waals surface area contributed by atoms with Crippen LogP contribution in [0.15, 0.2) is 10.9 Å². The molecule has 0 unspecified atom stereocenters. The van der Waals surface area contributed by atoms with Gasteiger partial charge in [0.25, 0.3) is 0 Å². The third kappa shape index (κ3) is 3.52. The molecule has 0 bridgehead atoms. The van der Waals surface area contributed by atoms with Gasteiger partial charge >= 0.3 is 5.69 Å². The molecule has 1 aromatic carbocycles. The highest BCUT2D eigenvalue weighted by Crippen LogP contribution is 2.26. The molecule has 0 saturated carbocycles. The number of amides is 1. The van der Waals surface area contributed by atoms with Gasteiger partial charge in [0.15, 0.2) is 0 Å². The molecule has 0 spiro atoms. The van der Waals surface area contributed by atoms with Crippen molar-refractivity contribution in [2.75, 3.05) is 45.1 Å². The number of aromatic nitrogens is 2. The first-order valence-corrected chi connectivity index (χ1v) is 8.37. The number of hydrogen-bond acceptors (Lipinski definition) is 4. The maximum atomic E-state index is 12.5. The van der Waals surface area contributed by atoms with E-state index in [1.165, 1.54) is 0 Å². The molecule has 1 amide bonds. The van der Waals surface area contributed by atoms with E-state index in [1.54, 1.807) is 0 Å². The van der Waals surface area contributed by atoms with Gasteiger partial charge in [0.1, 0.15) is 0 Å². The van der Waals surface area contributed by atoms with E-state index < -0.39 is 0 Å². The number of nitrogens with zero attached hydrogens (tertiary/aromatic N) is 2. The van der Waals surface area contributed by atoms with Gasteiger partial charge in [-0.25, -0.2) is 4.79 Å². The number of nitrogens with one attached hydrogen (secondary N) is 3. The average Bonchev–Trinajstić information content (AvgIpc) is 2.76. The van der Waals surface area contributed by atoms with E-state index in [9.17, 15) is 9.59 Å². The molecule has 24 heavy (non-hydrogen) atoms. The number of likely N-dealkylation sites (N-methyl/N-ethyl adjacent to an activating group) is 1. The van der Waals surface area contributed by atoms with Crippen LogP contribution in [0.2, 0.25) is 0 Å². The molecule has 3 rings (SSSR count). The van der Waals surface area contributed by atoms with Crippen molar-refractivity contribution in [1.82, 2.24) is 19.8 Å². The predicted molar refractivity (Wildman–Crippen MR) is 95.6 cm³/mol. The minimum atomic E-state index is -0.263. The minimum Gasteiger partial charge on any atom is -0.323 e. The Balaban J connectivity index is 1.78. The molecule has 1 aromatic heterocycles. The number of benzene rings is 1. The van der Waals surface area contributed by atoms with Crippen molar-refractivity contribution in [3.63, 3.8) is 0 Å². The Hall–Kier alpha value is -2.12. The summed E-state index contributed by atoms with van der Waals surface area (Å²) in [6.07, 6.45) is 1.07. The zero-order valence-electron chi connectivity index (χ0n) is 14.5. The van der Waals surface area contributed by atoms with Gasteiger partial charge in [-0.3, -0.25) is 9.69 Å². The van der Waals surface area contributed by atoms with Gasteiger partial charge in [-0.05, 0) is 57.6 Å². The highest BCUT2D eigenvalue weighted by atomic mass is 16.2. The van der Waals surface area contributed by atoms with E-state index in [1.807, 2.05) is 19.9 Å². The molecule has 0 radical (unpaired) electrons. The van der Waals surface area contributed by atoms with Crippen LogP contribution in [0.3, 0.4) is 0 Å². The van der Waals surface area contributed by atoms with Gasteiger partial charge in [0, 0.05) is 13.1 Å². The molecule has 3 N–H and O–H groups in total. The molecule has 2 heterocycles. The molecule has 1 aliphatic heterocycles. The second-order valence-electron chi connectivity index (χ2n) is 6.68.